The quantitative estimate of drug-likeness (QED) is 0.241. The summed E-state index contributed by atoms with van der Waals surface area (Å²) >= 11 is 0. The van der Waals surface area contributed by atoms with E-state index in [0.717, 1.165) is 51.1 Å². The fourth-order valence-corrected chi connectivity index (χ4v) is 5.39. The second-order valence-electron chi connectivity index (χ2n) is 11.4. The third kappa shape index (κ3) is 6.02. The van der Waals surface area contributed by atoms with Crippen molar-refractivity contribution < 1.29 is 19.1 Å². The van der Waals surface area contributed by atoms with Gasteiger partial charge in [-0.2, -0.15) is 0 Å². The van der Waals surface area contributed by atoms with Crippen molar-refractivity contribution in [2.75, 3.05) is 6.61 Å². The van der Waals surface area contributed by atoms with E-state index in [1.54, 1.807) is 27.7 Å². The van der Waals surface area contributed by atoms with E-state index < -0.39 is 23.7 Å². The van der Waals surface area contributed by atoms with Crippen LogP contribution in [0.5, 0.6) is 0 Å². The number of alkyl carbamates (subject to hydrolysis) is 1. The average Bonchev–Trinajstić information content (AvgIpc) is 3.29. The number of nitrogens with one attached hydrogen (secondary N) is 1. The molecule has 5 rings (SSSR count). The number of aryl methyl sites for hydroxylation is 1. The van der Waals surface area contributed by atoms with Gasteiger partial charge in [0.05, 0.1) is 5.69 Å². The van der Waals surface area contributed by atoms with Crippen molar-refractivity contribution in [3.05, 3.63) is 102 Å². The summed E-state index contributed by atoms with van der Waals surface area (Å²) in [5.74, 6) is -0.638. The van der Waals surface area contributed by atoms with E-state index in [2.05, 4.69) is 66.8 Å². The summed E-state index contributed by atoms with van der Waals surface area (Å²) in [5.41, 5.74) is 9.30. The molecular formula is C35H36N2O4. The predicted octanol–water partition coefficient (Wildman–Crippen LogP) is 7.55. The van der Waals surface area contributed by atoms with E-state index in [1.807, 2.05) is 30.5 Å². The number of rotatable bonds is 7. The molecule has 2 atom stereocenters. The normalized spacial score (nSPS) is 14.5. The first kappa shape index (κ1) is 28.1. The van der Waals surface area contributed by atoms with Crippen LogP contribution in [0.15, 0.2) is 85.1 Å². The molecule has 0 saturated heterocycles. The zero-order chi connectivity index (χ0) is 29.1. The highest BCUT2D eigenvalue weighted by Crippen LogP contribution is 2.49. The van der Waals surface area contributed by atoms with Crippen molar-refractivity contribution >= 4 is 12.1 Å². The number of carbonyl (C=O) groups is 2. The van der Waals surface area contributed by atoms with Crippen molar-refractivity contribution in [3.8, 4) is 33.5 Å². The largest absolute Gasteiger partial charge is 0.458 e. The highest BCUT2D eigenvalue weighted by Gasteiger charge is 2.32. The maximum atomic E-state index is 12.6. The van der Waals surface area contributed by atoms with Crippen LogP contribution in [0.1, 0.15) is 57.2 Å². The molecular weight excluding hydrogens is 512 g/mol. The molecule has 1 heterocycles. The number of ether oxygens (including phenoxy) is 2. The molecule has 0 saturated carbocycles. The Balaban J connectivity index is 1.38. The minimum absolute atomic E-state index is 0.132. The Morgan fingerprint density at radius 3 is 2.27 bits per heavy atom. The average molecular weight is 549 g/mol. The molecule has 0 fully saturated rings. The van der Waals surface area contributed by atoms with E-state index in [9.17, 15) is 9.59 Å². The number of aromatic nitrogens is 1. The summed E-state index contributed by atoms with van der Waals surface area (Å²) in [7, 11) is 0. The first-order valence-electron chi connectivity index (χ1n) is 14.1. The van der Waals surface area contributed by atoms with Gasteiger partial charge < -0.3 is 14.8 Å². The lowest BCUT2D eigenvalue weighted by Crippen LogP contribution is -2.42. The first-order chi connectivity index (χ1) is 19.7. The van der Waals surface area contributed by atoms with Crippen LogP contribution < -0.4 is 5.32 Å². The topological polar surface area (TPSA) is 77.5 Å². The number of esters is 1. The van der Waals surface area contributed by atoms with Gasteiger partial charge in [-0.25, -0.2) is 9.59 Å². The smallest absolute Gasteiger partial charge is 0.407 e. The van der Waals surface area contributed by atoms with Gasteiger partial charge in [-0.1, -0.05) is 79.7 Å². The Morgan fingerprint density at radius 2 is 1.56 bits per heavy atom. The maximum Gasteiger partial charge on any atom is 0.407 e. The molecule has 1 amide bonds. The van der Waals surface area contributed by atoms with E-state index in [-0.39, 0.29) is 12.5 Å². The SMILES string of the molecule is CCc1ccccc1-c1ccc(-c2cccc3c2-c2ccccc2C3COC(=O)N[C@@H](C)C(=O)OC(C)(C)C)cn1. The Hall–Kier alpha value is -4.45. The maximum absolute atomic E-state index is 12.6. The third-order valence-corrected chi connectivity index (χ3v) is 7.30. The van der Waals surface area contributed by atoms with E-state index in [0.29, 0.717) is 0 Å². The van der Waals surface area contributed by atoms with Crippen molar-refractivity contribution in [2.45, 2.75) is 58.6 Å². The van der Waals surface area contributed by atoms with Gasteiger partial charge >= 0.3 is 12.1 Å². The van der Waals surface area contributed by atoms with Gasteiger partial charge in [0.2, 0.25) is 0 Å². The molecule has 1 aliphatic carbocycles. The molecule has 6 heteroatoms. The van der Waals surface area contributed by atoms with Crippen LogP contribution in [0.2, 0.25) is 0 Å². The lowest BCUT2D eigenvalue weighted by atomic mass is 9.93. The number of nitrogens with zero attached hydrogens (tertiary/aromatic N) is 1. The summed E-state index contributed by atoms with van der Waals surface area (Å²) in [6.07, 6.45) is 2.23. The van der Waals surface area contributed by atoms with Crippen LogP contribution in [0.25, 0.3) is 33.5 Å². The van der Waals surface area contributed by atoms with Crippen molar-refractivity contribution in [2.24, 2.45) is 0 Å². The molecule has 1 N–H and O–H groups in total. The highest BCUT2D eigenvalue weighted by atomic mass is 16.6. The number of pyridine rings is 1. The third-order valence-electron chi connectivity index (χ3n) is 7.30. The predicted molar refractivity (Wildman–Crippen MR) is 162 cm³/mol. The lowest BCUT2D eigenvalue weighted by molar-refractivity contribution is -0.156. The van der Waals surface area contributed by atoms with Crippen LogP contribution in [-0.2, 0) is 20.7 Å². The molecule has 1 aromatic heterocycles. The second-order valence-corrected chi connectivity index (χ2v) is 11.4. The molecule has 41 heavy (non-hydrogen) atoms. The van der Waals surface area contributed by atoms with Gasteiger partial charge in [-0.15, -0.1) is 0 Å². The monoisotopic (exact) mass is 548 g/mol. The Labute approximate surface area is 241 Å². The summed E-state index contributed by atoms with van der Waals surface area (Å²) in [4.78, 5) is 29.8. The Morgan fingerprint density at radius 1 is 0.878 bits per heavy atom. The number of benzene rings is 3. The van der Waals surface area contributed by atoms with Crippen LogP contribution in [-0.4, -0.2) is 35.3 Å². The van der Waals surface area contributed by atoms with Gasteiger partial charge in [0.1, 0.15) is 18.2 Å². The number of hydrogen-bond donors (Lipinski definition) is 1. The van der Waals surface area contributed by atoms with Crippen molar-refractivity contribution in [3.63, 3.8) is 0 Å². The van der Waals surface area contributed by atoms with Crippen LogP contribution in [0, 0.1) is 0 Å². The number of hydrogen-bond acceptors (Lipinski definition) is 5. The van der Waals surface area contributed by atoms with Gasteiger partial charge in [-0.3, -0.25) is 4.98 Å². The standard InChI is InChI=1S/C35H36N2O4/c1-6-23-12-7-8-13-25(23)31-19-18-24(20-36-31)26-16-11-17-29-30(27-14-9-10-15-28(27)32(26)29)21-40-34(39)37-22(2)33(38)41-35(3,4)5/h7-20,22,30H,6,21H2,1-5H3,(H,37,39)/t22-,30?/m0/s1. The minimum atomic E-state index is -0.823. The Kier molecular flexibility index (Phi) is 7.93. The van der Waals surface area contributed by atoms with Crippen molar-refractivity contribution in [1.29, 1.82) is 0 Å². The second kappa shape index (κ2) is 11.6. The van der Waals surface area contributed by atoms with Crippen LogP contribution >= 0.6 is 0 Å². The molecule has 0 radical (unpaired) electrons. The number of carbonyl (C=O) groups excluding carboxylic acids is 2. The molecule has 0 aliphatic heterocycles. The van der Waals surface area contributed by atoms with E-state index >= 15 is 0 Å². The molecule has 210 valence electrons. The Bertz CT molecular complexity index is 1570. The van der Waals surface area contributed by atoms with Gasteiger partial charge in [-0.05, 0) is 73.6 Å². The summed E-state index contributed by atoms with van der Waals surface area (Å²) in [6, 6.07) is 26.2. The molecule has 3 aromatic carbocycles. The molecule has 1 aliphatic rings. The summed E-state index contributed by atoms with van der Waals surface area (Å²) in [6.45, 7) is 9.25. The van der Waals surface area contributed by atoms with Crippen molar-refractivity contribution in [1.82, 2.24) is 10.3 Å². The summed E-state index contributed by atoms with van der Waals surface area (Å²) < 4.78 is 11.0. The number of amides is 1. The van der Waals surface area contributed by atoms with Gasteiger partial charge in [0.15, 0.2) is 0 Å². The zero-order valence-corrected chi connectivity index (χ0v) is 24.2. The first-order valence-corrected chi connectivity index (χ1v) is 14.1. The van der Waals surface area contributed by atoms with Gasteiger partial charge in [0, 0.05) is 23.2 Å². The zero-order valence-electron chi connectivity index (χ0n) is 24.2. The highest BCUT2D eigenvalue weighted by molar-refractivity contribution is 5.91. The van der Waals surface area contributed by atoms with Crippen LogP contribution in [0.3, 0.4) is 0 Å². The molecule has 4 aromatic rings. The van der Waals surface area contributed by atoms with Gasteiger partial charge in [0.25, 0.3) is 0 Å². The summed E-state index contributed by atoms with van der Waals surface area (Å²) in [5, 5.41) is 2.59. The van der Waals surface area contributed by atoms with E-state index in [1.165, 1.54) is 5.56 Å². The minimum Gasteiger partial charge on any atom is -0.458 e. The van der Waals surface area contributed by atoms with E-state index in [4.69, 9.17) is 14.5 Å². The molecule has 0 bridgehead atoms. The molecule has 1 unspecified atom stereocenters. The fourth-order valence-electron chi connectivity index (χ4n) is 5.39. The lowest BCUT2D eigenvalue weighted by Gasteiger charge is -2.22. The number of fused-ring (bicyclic) bond motifs is 3. The van der Waals surface area contributed by atoms with Crippen LogP contribution in [0.4, 0.5) is 4.79 Å². The molecule has 6 nitrogen and oxygen atoms in total. The fraction of sp³-hybridized carbons (Fsp3) is 0.286. The molecule has 0 spiro atoms.